The van der Waals surface area contributed by atoms with Crippen LogP contribution in [0.25, 0.3) is 0 Å². The van der Waals surface area contributed by atoms with Crippen molar-refractivity contribution in [3.63, 3.8) is 0 Å². The molecule has 0 aliphatic rings. The number of aryl methyl sites for hydroxylation is 1. The Hall–Kier alpha value is -1.09. The van der Waals surface area contributed by atoms with Gasteiger partial charge in [0, 0.05) is 13.3 Å². The SMILES string of the molecule is Cc1[nH]cc(CC(C)C)[n+]1C.O=S(=O)([O-])C(F)(F)F. The fourth-order valence-electron chi connectivity index (χ4n) is 1.21. The molecule has 1 N–H and O–H groups in total. The van der Waals surface area contributed by atoms with Crippen molar-refractivity contribution in [1.29, 1.82) is 0 Å². The molecule has 0 unspecified atom stereocenters. The molecular weight excluding hydrogens is 285 g/mol. The average molecular weight is 302 g/mol. The average Bonchev–Trinajstić information content (AvgIpc) is 2.47. The second kappa shape index (κ2) is 6.38. The fraction of sp³-hybridized carbons (Fsp3) is 0.700. The summed E-state index contributed by atoms with van der Waals surface area (Å²) in [7, 11) is -3.99. The van der Waals surface area contributed by atoms with E-state index in [1.54, 1.807) is 0 Å². The molecule has 0 bridgehead atoms. The van der Waals surface area contributed by atoms with Gasteiger partial charge in [0.15, 0.2) is 10.1 Å². The van der Waals surface area contributed by atoms with Gasteiger partial charge >= 0.3 is 5.51 Å². The number of H-pyrrole nitrogens is 1. The number of alkyl halides is 3. The van der Waals surface area contributed by atoms with Crippen molar-refractivity contribution in [2.24, 2.45) is 13.0 Å². The Balaban J connectivity index is 0.000000362. The van der Waals surface area contributed by atoms with E-state index in [1.165, 1.54) is 11.5 Å². The third kappa shape index (κ3) is 6.06. The number of rotatable bonds is 2. The van der Waals surface area contributed by atoms with Crippen LogP contribution in [0.5, 0.6) is 0 Å². The summed E-state index contributed by atoms with van der Waals surface area (Å²) < 4.78 is 61.1. The van der Waals surface area contributed by atoms with Gasteiger partial charge in [-0.25, -0.2) is 18.0 Å². The first kappa shape index (κ1) is 17.9. The molecule has 0 fully saturated rings. The van der Waals surface area contributed by atoms with Crippen LogP contribution < -0.4 is 4.57 Å². The zero-order chi connectivity index (χ0) is 15.4. The van der Waals surface area contributed by atoms with Crippen molar-refractivity contribution in [3.05, 3.63) is 17.7 Å². The molecule has 1 heterocycles. The summed E-state index contributed by atoms with van der Waals surface area (Å²) in [4.78, 5) is 3.21. The van der Waals surface area contributed by atoms with Crippen molar-refractivity contribution >= 4 is 10.1 Å². The molecule has 0 amide bonds. The minimum Gasteiger partial charge on any atom is -0.741 e. The molecule has 0 atom stereocenters. The Morgan fingerprint density at radius 2 is 1.84 bits per heavy atom. The van der Waals surface area contributed by atoms with Gasteiger partial charge in [0.1, 0.15) is 11.9 Å². The molecule has 0 saturated heterocycles. The maximum absolute atomic E-state index is 10.7. The highest BCUT2D eigenvalue weighted by Gasteiger charge is 2.36. The van der Waals surface area contributed by atoms with Crippen LogP contribution in [0, 0.1) is 12.8 Å². The monoisotopic (exact) mass is 302 g/mol. The number of nitrogens with one attached hydrogen (secondary N) is 1. The molecule has 112 valence electrons. The highest BCUT2D eigenvalue weighted by Crippen LogP contribution is 2.20. The van der Waals surface area contributed by atoms with Crippen LogP contribution in [0.2, 0.25) is 0 Å². The first-order chi connectivity index (χ1) is 8.36. The molecule has 9 heteroatoms. The van der Waals surface area contributed by atoms with Gasteiger partial charge in [-0.1, -0.05) is 13.8 Å². The first-order valence-electron chi connectivity index (χ1n) is 5.41. The molecule has 0 saturated carbocycles. The van der Waals surface area contributed by atoms with Crippen LogP contribution >= 0.6 is 0 Å². The summed E-state index contributed by atoms with van der Waals surface area (Å²) in [6.07, 6.45) is 3.25. The Kier molecular flexibility index (Phi) is 6.01. The number of hydrogen-bond donors (Lipinski definition) is 1. The lowest BCUT2D eigenvalue weighted by atomic mass is 10.1. The van der Waals surface area contributed by atoms with E-state index in [1.807, 2.05) is 0 Å². The molecule has 1 aromatic heterocycles. The van der Waals surface area contributed by atoms with Gasteiger partial charge in [-0.15, -0.1) is 0 Å². The molecule has 1 rings (SSSR count). The van der Waals surface area contributed by atoms with Crippen LogP contribution in [0.4, 0.5) is 13.2 Å². The summed E-state index contributed by atoms with van der Waals surface area (Å²) >= 11 is 0. The number of hydrogen-bond acceptors (Lipinski definition) is 3. The van der Waals surface area contributed by atoms with Crippen molar-refractivity contribution in [2.45, 2.75) is 32.7 Å². The topological polar surface area (TPSA) is 76.9 Å². The molecule has 5 nitrogen and oxygen atoms in total. The van der Waals surface area contributed by atoms with Crippen LogP contribution in [0.1, 0.15) is 25.4 Å². The van der Waals surface area contributed by atoms with Crippen LogP contribution in [-0.2, 0) is 23.6 Å². The van der Waals surface area contributed by atoms with E-state index in [9.17, 15) is 13.2 Å². The van der Waals surface area contributed by atoms with Crippen LogP contribution in [0.3, 0.4) is 0 Å². The van der Waals surface area contributed by atoms with E-state index in [0.29, 0.717) is 0 Å². The lowest BCUT2D eigenvalue weighted by molar-refractivity contribution is -0.684. The van der Waals surface area contributed by atoms with Crippen molar-refractivity contribution < 1.29 is 30.7 Å². The summed E-state index contributed by atoms with van der Waals surface area (Å²) in [6.45, 7) is 6.56. The molecule has 0 aromatic carbocycles. The summed E-state index contributed by atoms with van der Waals surface area (Å²) in [5.74, 6) is 1.96. The standard InChI is InChI=1S/C9H16N2.CHF3O3S/c1-7(2)5-9-6-10-8(3)11(9)4;2-1(3,4)8(5,6)7/h6-7H,5H2,1-4H3;(H,5,6,7). The zero-order valence-electron chi connectivity index (χ0n) is 11.1. The predicted octanol–water partition coefficient (Wildman–Crippen LogP) is 1.40. The number of imidazole rings is 1. The van der Waals surface area contributed by atoms with Crippen LogP contribution in [0.15, 0.2) is 6.20 Å². The van der Waals surface area contributed by atoms with Gasteiger partial charge in [-0.2, -0.15) is 13.2 Å². The minimum absolute atomic E-state index is 0.733. The van der Waals surface area contributed by atoms with Gasteiger partial charge < -0.3 is 4.55 Å². The summed E-state index contributed by atoms with van der Waals surface area (Å²) in [5.41, 5.74) is -4.26. The van der Waals surface area contributed by atoms with Gasteiger partial charge in [-0.05, 0) is 5.92 Å². The third-order valence-corrected chi connectivity index (χ3v) is 2.85. The molecule has 0 radical (unpaired) electrons. The predicted molar refractivity (Wildman–Crippen MR) is 61.0 cm³/mol. The number of aromatic amines is 1. The Bertz CT molecular complexity index is 507. The molecule has 1 aromatic rings. The normalized spacial score (nSPS) is 12.3. The molecule has 0 aliphatic heterocycles. The largest absolute Gasteiger partial charge is 0.741 e. The maximum atomic E-state index is 10.7. The van der Waals surface area contributed by atoms with E-state index in [2.05, 4.69) is 43.6 Å². The van der Waals surface area contributed by atoms with E-state index in [-0.39, 0.29) is 0 Å². The lowest BCUT2D eigenvalue weighted by Gasteiger charge is -2.08. The highest BCUT2D eigenvalue weighted by atomic mass is 32.2. The smallest absolute Gasteiger partial charge is 0.485 e. The van der Waals surface area contributed by atoms with Gasteiger partial charge in [0.2, 0.25) is 0 Å². The fourth-order valence-corrected chi connectivity index (χ4v) is 1.21. The highest BCUT2D eigenvalue weighted by molar-refractivity contribution is 7.86. The Labute approximate surface area is 110 Å². The van der Waals surface area contributed by atoms with E-state index >= 15 is 0 Å². The van der Waals surface area contributed by atoms with Crippen molar-refractivity contribution in [1.82, 2.24) is 4.98 Å². The molecule has 0 aliphatic carbocycles. The minimum atomic E-state index is -6.09. The van der Waals surface area contributed by atoms with E-state index in [4.69, 9.17) is 13.0 Å². The van der Waals surface area contributed by atoms with Crippen molar-refractivity contribution in [2.75, 3.05) is 0 Å². The number of nitrogens with zero attached hydrogens (tertiary/aromatic N) is 1. The maximum Gasteiger partial charge on any atom is 0.485 e. The summed E-state index contributed by atoms with van der Waals surface area (Å²) in [5, 5.41) is 0. The second-order valence-corrected chi connectivity index (χ2v) is 5.79. The lowest BCUT2D eigenvalue weighted by Crippen LogP contribution is -2.34. The van der Waals surface area contributed by atoms with Gasteiger partial charge in [-0.3, -0.25) is 0 Å². The van der Waals surface area contributed by atoms with Gasteiger partial charge in [0.05, 0.1) is 7.05 Å². The zero-order valence-corrected chi connectivity index (χ0v) is 11.9. The van der Waals surface area contributed by atoms with Gasteiger partial charge in [0.25, 0.3) is 5.82 Å². The third-order valence-electron chi connectivity index (χ3n) is 2.28. The number of halogens is 3. The molecule has 0 spiro atoms. The van der Waals surface area contributed by atoms with E-state index in [0.717, 1.165) is 12.3 Å². The second-order valence-electron chi connectivity index (χ2n) is 4.42. The van der Waals surface area contributed by atoms with Crippen LogP contribution in [-0.4, -0.2) is 23.5 Å². The van der Waals surface area contributed by atoms with E-state index < -0.39 is 15.6 Å². The van der Waals surface area contributed by atoms with Crippen molar-refractivity contribution in [3.8, 4) is 0 Å². The number of aromatic nitrogens is 2. The Morgan fingerprint density at radius 1 is 1.42 bits per heavy atom. The summed E-state index contributed by atoms with van der Waals surface area (Å²) in [6, 6.07) is 0. The molecular formula is C10H17F3N2O3S. The molecule has 19 heavy (non-hydrogen) atoms. The quantitative estimate of drug-likeness (QED) is 0.509. The first-order valence-corrected chi connectivity index (χ1v) is 6.82. The Morgan fingerprint density at radius 3 is 2.05 bits per heavy atom.